The second-order valence-electron chi connectivity index (χ2n) is 5.86. The Morgan fingerprint density at radius 1 is 1.46 bits per heavy atom. The molecule has 2 aromatic rings. The number of hydrogen-bond donors (Lipinski definition) is 1. The maximum Gasteiger partial charge on any atom is 0.227 e. The summed E-state index contributed by atoms with van der Waals surface area (Å²) < 4.78 is 6.01. The van der Waals surface area contributed by atoms with Gasteiger partial charge >= 0.3 is 0 Å². The Hall–Kier alpha value is -2.15. The van der Waals surface area contributed by atoms with E-state index in [1.54, 1.807) is 4.90 Å². The van der Waals surface area contributed by atoms with Crippen LogP contribution >= 0.6 is 15.9 Å². The first-order chi connectivity index (χ1) is 11.5. The maximum absolute atomic E-state index is 12.3. The zero-order chi connectivity index (χ0) is 17.1. The van der Waals surface area contributed by atoms with Gasteiger partial charge in [0, 0.05) is 42.2 Å². The summed E-state index contributed by atoms with van der Waals surface area (Å²) >= 11 is 3.40. The lowest BCUT2D eigenvalue weighted by Crippen LogP contribution is -2.34. The van der Waals surface area contributed by atoms with E-state index in [-0.39, 0.29) is 24.2 Å². The fourth-order valence-electron chi connectivity index (χ4n) is 2.76. The highest BCUT2D eigenvalue weighted by molar-refractivity contribution is 9.10. The summed E-state index contributed by atoms with van der Waals surface area (Å²) in [5.74, 6) is 0.287. The number of halogens is 1. The molecule has 1 fully saturated rings. The molecule has 1 saturated heterocycles. The summed E-state index contributed by atoms with van der Waals surface area (Å²) in [5, 5.41) is 6.68. The molecule has 2 amide bonds. The third kappa shape index (κ3) is 3.84. The Bertz CT molecular complexity index is 759. The van der Waals surface area contributed by atoms with Gasteiger partial charge in [0.15, 0.2) is 0 Å². The molecular formula is C17H18BrN3O3. The standard InChI is InChI=1S/C17H18BrN3O3/c1-11-7-15(24-20-11)5-6-19-17(23)12-8-16(22)21(10-12)14-4-2-3-13(18)9-14/h2-4,7,9,12H,5-6,8,10H2,1H3,(H,19,23)/t12-/m1/s1. The summed E-state index contributed by atoms with van der Waals surface area (Å²) in [4.78, 5) is 26.2. The van der Waals surface area contributed by atoms with E-state index in [0.29, 0.717) is 19.5 Å². The van der Waals surface area contributed by atoms with Crippen LogP contribution in [0.1, 0.15) is 17.9 Å². The van der Waals surface area contributed by atoms with Crippen molar-refractivity contribution in [1.82, 2.24) is 10.5 Å². The SMILES string of the molecule is Cc1cc(CCNC(=O)[C@@H]2CC(=O)N(c3cccc(Br)c3)C2)on1. The topological polar surface area (TPSA) is 75.4 Å². The van der Waals surface area contributed by atoms with Gasteiger partial charge < -0.3 is 14.7 Å². The van der Waals surface area contributed by atoms with Gasteiger partial charge in [0.1, 0.15) is 5.76 Å². The van der Waals surface area contributed by atoms with E-state index in [1.165, 1.54) is 0 Å². The smallest absolute Gasteiger partial charge is 0.227 e. The van der Waals surface area contributed by atoms with E-state index in [2.05, 4.69) is 26.4 Å². The van der Waals surface area contributed by atoms with Gasteiger partial charge in [0.05, 0.1) is 11.6 Å². The van der Waals surface area contributed by atoms with E-state index in [0.717, 1.165) is 21.6 Å². The number of hydrogen-bond acceptors (Lipinski definition) is 4. The van der Waals surface area contributed by atoms with Crippen LogP contribution in [-0.4, -0.2) is 30.1 Å². The molecule has 0 bridgehead atoms. The number of benzene rings is 1. The van der Waals surface area contributed by atoms with Crippen LogP contribution < -0.4 is 10.2 Å². The molecular weight excluding hydrogens is 374 g/mol. The van der Waals surface area contributed by atoms with Crippen molar-refractivity contribution in [3.05, 3.63) is 46.3 Å². The maximum atomic E-state index is 12.3. The molecule has 1 atom stereocenters. The summed E-state index contributed by atoms with van der Waals surface area (Å²) in [6.45, 7) is 2.73. The number of aryl methyl sites for hydroxylation is 1. The van der Waals surface area contributed by atoms with Crippen LogP contribution in [0.3, 0.4) is 0 Å². The predicted octanol–water partition coefficient (Wildman–Crippen LogP) is 2.46. The van der Waals surface area contributed by atoms with Gasteiger partial charge in [-0.15, -0.1) is 0 Å². The minimum atomic E-state index is -0.326. The molecule has 0 unspecified atom stereocenters. The molecule has 1 aromatic carbocycles. The quantitative estimate of drug-likeness (QED) is 0.848. The number of anilines is 1. The average molecular weight is 392 g/mol. The Morgan fingerprint density at radius 2 is 2.29 bits per heavy atom. The molecule has 0 saturated carbocycles. The van der Waals surface area contributed by atoms with Gasteiger partial charge in [-0.05, 0) is 25.1 Å². The van der Waals surface area contributed by atoms with Crippen molar-refractivity contribution in [1.29, 1.82) is 0 Å². The fraction of sp³-hybridized carbons (Fsp3) is 0.353. The first-order valence-electron chi connectivity index (χ1n) is 7.79. The summed E-state index contributed by atoms with van der Waals surface area (Å²) in [6, 6.07) is 9.37. The lowest BCUT2D eigenvalue weighted by Gasteiger charge is -2.17. The molecule has 0 aliphatic carbocycles. The Kier molecular flexibility index (Phi) is 4.99. The van der Waals surface area contributed by atoms with Gasteiger partial charge in [-0.1, -0.05) is 27.2 Å². The first-order valence-corrected chi connectivity index (χ1v) is 8.58. The Balaban J connectivity index is 1.54. The summed E-state index contributed by atoms with van der Waals surface area (Å²) in [7, 11) is 0. The van der Waals surface area contributed by atoms with Crippen LogP contribution in [0.15, 0.2) is 39.3 Å². The number of carbonyl (C=O) groups is 2. The largest absolute Gasteiger partial charge is 0.361 e. The lowest BCUT2D eigenvalue weighted by atomic mass is 10.1. The Morgan fingerprint density at radius 3 is 3.00 bits per heavy atom. The molecule has 1 aliphatic rings. The number of carbonyl (C=O) groups excluding carboxylic acids is 2. The van der Waals surface area contributed by atoms with Crippen molar-refractivity contribution in [2.75, 3.05) is 18.0 Å². The van der Waals surface area contributed by atoms with Crippen LogP contribution in [0.25, 0.3) is 0 Å². The third-order valence-electron chi connectivity index (χ3n) is 3.96. The molecule has 24 heavy (non-hydrogen) atoms. The van der Waals surface area contributed by atoms with Crippen LogP contribution in [0, 0.1) is 12.8 Å². The van der Waals surface area contributed by atoms with Crippen LogP contribution in [0.4, 0.5) is 5.69 Å². The molecule has 1 aromatic heterocycles. The van der Waals surface area contributed by atoms with Crippen molar-refractivity contribution in [2.24, 2.45) is 5.92 Å². The van der Waals surface area contributed by atoms with Crippen molar-refractivity contribution < 1.29 is 14.1 Å². The van der Waals surface area contributed by atoms with Crippen molar-refractivity contribution >= 4 is 33.4 Å². The van der Waals surface area contributed by atoms with Crippen molar-refractivity contribution in [3.8, 4) is 0 Å². The molecule has 0 spiro atoms. The summed E-state index contributed by atoms with van der Waals surface area (Å²) in [6.07, 6.45) is 0.822. The molecule has 0 radical (unpaired) electrons. The van der Waals surface area contributed by atoms with Gasteiger partial charge in [-0.3, -0.25) is 9.59 Å². The number of nitrogens with zero attached hydrogens (tertiary/aromatic N) is 2. The second-order valence-corrected chi connectivity index (χ2v) is 6.78. The van der Waals surface area contributed by atoms with Gasteiger partial charge in [0.2, 0.25) is 11.8 Å². The minimum Gasteiger partial charge on any atom is -0.361 e. The lowest BCUT2D eigenvalue weighted by molar-refractivity contribution is -0.126. The minimum absolute atomic E-state index is 0.0286. The van der Waals surface area contributed by atoms with E-state index in [9.17, 15) is 9.59 Å². The van der Waals surface area contributed by atoms with Crippen molar-refractivity contribution in [2.45, 2.75) is 19.8 Å². The molecule has 2 heterocycles. The summed E-state index contributed by atoms with van der Waals surface area (Å²) in [5.41, 5.74) is 1.63. The Labute approximate surface area is 148 Å². The molecule has 1 aliphatic heterocycles. The second kappa shape index (κ2) is 7.17. The molecule has 6 nitrogen and oxygen atoms in total. The third-order valence-corrected chi connectivity index (χ3v) is 4.46. The highest BCUT2D eigenvalue weighted by Gasteiger charge is 2.35. The van der Waals surface area contributed by atoms with Crippen LogP contribution in [0.5, 0.6) is 0 Å². The fourth-order valence-corrected chi connectivity index (χ4v) is 3.15. The molecule has 3 rings (SSSR count). The molecule has 1 N–H and O–H groups in total. The van der Waals surface area contributed by atoms with Gasteiger partial charge in [-0.2, -0.15) is 0 Å². The van der Waals surface area contributed by atoms with Crippen LogP contribution in [-0.2, 0) is 16.0 Å². The number of nitrogens with one attached hydrogen (secondary N) is 1. The zero-order valence-corrected chi connectivity index (χ0v) is 14.9. The molecule has 7 heteroatoms. The van der Waals surface area contributed by atoms with E-state index < -0.39 is 0 Å². The first kappa shape index (κ1) is 16.7. The van der Waals surface area contributed by atoms with E-state index >= 15 is 0 Å². The van der Waals surface area contributed by atoms with Gasteiger partial charge in [0.25, 0.3) is 0 Å². The predicted molar refractivity (Wildman–Crippen MR) is 92.6 cm³/mol. The highest BCUT2D eigenvalue weighted by atomic mass is 79.9. The molecule has 126 valence electrons. The highest BCUT2D eigenvalue weighted by Crippen LogP contribution is 2.27. The van der Waals surface area contributed by atoms with E-state index in [4.69, 9.17) is 4.52 Å². The number of amides is 2. The zero-order valence-electron chi connectivity index (χ0n) is 13.3. The normalized spacial score (nSPS) is 17.3. The average Bonchev–Trinajstić information content (AvgIpc) is 3.13. The monoisotopic (exact) mass is 391 g/mol. The van der Waals surface area contributed by atoms with Gasteiger partial charge in [-0.25, -0.2) is 0 Å². The number of rotatable bonds is 5. The number of aromatic nitrogens is 1. The van der Waals surface area contributed by atoms with E-state index in [1.807, 2.05) is 37.3 Å². The van der Waals surface area contributed by atoms with Crippen molar-refractivity contribution in [3.63, 3.8) is 0 Å². The van der Waals surface area contributed by atoms with Crippen LogP contribution in [0.2, 0.25) is 0 Å².